The van der Waals surface area contributed by atoms with Gasteiger partial charge in [0.15, 0.2) is 0 Å². The Morgan fingerprint density at radius 3 is 2.50 bits per heavy atom. The molecule has 0 aromatic heterocycles. The van der Waals surface area contributed by atoms with Crippen molar-refractivity contribution in [2.24, 2.45) is 0 Å². The number of benzene rings is 1. The molecule has 0 saturated carbocycles. The van der Waals surface area contributed by atoms with Gasteiger partial charge in [-0.15, -0.1) is 0 Å². The van der Waals surface area contributed by atoms with Gasteiger partial charge in [-0.1, -0.05) is 48.4 Å². The summed E-state index contributed by atoms with van der Waals surface area (Å²) in [5.74, 6) is 0.700. The van der Waals surface area contributed by atoms with Crippen LogP contribution in [0.5, 0.6) is 0 Å². The van der Waals surface area contributed by atoms with Crippen LogP contribution in [-0.4, -0.2) is 0 Å². The molecule has 1 aromatic carbocycles. The minimum absolute atomic E-state index is 0.700. The molecule has 0 spiro atoms. The molecule has 0 radical (unpaired) electrons. The van der Waals surface area contributed by atoms with Crippen LogP contribution < -0.4 is 0 Å². The Balaban J connectivity index is 2.27. The van der Waals surface area contributed by atoms with Crippen molar-refractivity contribution < 1.29 is 0 Å². The fraction of sp³-hybridized carbons (Fsp3) is 0.429. The lowest BCUT2D eigenvalue weighted by molar-refractivity contribution is 0.765. The van der Waals surface area contributed by atoms with Crippen molar-refractivity contribution in [3.63, 3.8) is 0 Å². The van der Waals surface area contributed by atoms with Crippen molar-refractivity contribution in [1.82, 2.24) is 0 Å². The average molecular weight is 186 g/mol. The molecular formula is C14H18. The fourth-order valence-corrected chi connectivity index (χ4v) is 2.54. The normalized spacial score (nSPS) is 21.7. The lowest BCUT2D eigenvalue weighted by atomic mass is 9.93. The Morgan fingerprint density at radius 2 is 1.93 bits per heavy atom. The van der Waals surface area contributed by atoms with E-state index in [0.717, 1.165) is 0 Å². The van der Waals surface area contributed by atoms with Crippen LogP contribution in [0.2, 0.25) is 0 Å². The third-order valence-electron chi connectivity index (χ3n) is 3.44. The van der Waals surface area contributed by atoms with Crippen molar-refractivity contribution in [3.8, 4) is 0 Å². The second-order valence-electron chi connectivity index (χ2n) is 4.14. The molecule has 74 valence electrons. The highest BCUT2D eigenvalue weighted by Gasteiger charge is 2.21. The largest absolute Gasteiger partial charge is 0.0709 e. The Labute approximate surface area is 86.7 Å². The lowest BCUT2D eigenvalue weighted by Gasteiger charge is -2.12. The molecule has 14 heavy (non-hydrogen) atoms. The zero-order valence-electron chi connectivity index (χ0n) is 9.09. The third kappa shape index (κ3) is 1.61. The van der Waals surface area contributed by atoms with E-state index in [1.165, 1.54) is 24.8 Å². The minimum Gasteiger partial charge on any atom is -0.0709 e. The van der Waals surface area contributed by atoms with Crippen molar-refractivity contribution in [2.75, 3.05) is 0 Å². The molecule has 0 heterocycles. The van der Waals surface area contributed by atoms with Crippen LogP contribution in [0, 0.1) is 0 Å². The first kappa shape index (κ1) is 9.51. The molecule has 2 rings (SSSR count). The van der Waals surface area contributed by atoms with E-state index in [0.29, 0.717) is 5.92 Å². The highest BCUT2D eigenvalue weighted by molar-refractivity contribution is 5.34. The first-order valence-corrected chi connectivity index (χ1v) is 5.56. The molecular weight excluding hydrogens is 168 g/mol. The average Bonchev–Trinajstić information content (AvgIpc) is 2.61. The van der Waals surface area contributed by atoms with Gasteiger partial charge in [0.1, 0.15) is 0 Å². The van der Waals surface area contributed by atoms with Gasteiger partial charge in [0.25, 0.3) is 0 Å². The maximum Gasteiger partial charge on any atom is 0.00511 e. The predicted molar refractivity (Wildman–Crippen MR) is 61.4 cm³/mol. The molecule has 0 bridgehead atoms. The quantitative estimate of drug-likeness (QED) is 0.604. The van der Waals surface area contributed by atoms with Gasteiger partial charge >= 0.3 is 0 Å². The molecule has 0 heteroatoms. The van der Waals surface area contributed by atoms with Gasteiger partial charge in [-0.05, 0) is 31.7 Å². The Morgan fingerprint density at radius 1 is 1.21 bits per heavy atom. The van der Waals surface area contributed by atoms with Crippen LogP contribution in [0.1, 0.15) is 44.6 Å². The maximum absolute atomic E-state index is 2.31. The number of hydrogen-bond acceptors (Lipinski definition) is 0. The van der Waals surface area contributed by atoms with Gasteiger partial charge in [-0.25, -0.2) is 0 Å². The molecule has 1 unspecified atom stereocenters. The Kier molecular flexibility index (Phi) is 2.72. The molecule has 0 saturated heterocycles. The van der Waals surface area contributed by atoms with E-state index in [1.807, 2.05) is 0 Å². The smallest absolute Gasteiger partial charge is 0.00511 e. The van der Waals surface area contributed by atoms with Crippen LogP contribution in [0.4, 0.5) is 0 Å². The van der Waals surface area contributed by atoms with Crippen molar-refractivity contribution in [3.05, 3.63) is 47.0 Å². The summed E-state index contributed by atoms with van der Waals surface area (Å²) in [4.78, 5) is 0. The zero-order valence-corrected chi connectivity index (χ0v) is 9.09. The van der Waals surface area contributed by atoms with Crippen LogP contribution in [0.25, 0.3) is 0 Å². The predicted octanol–water partition coefficient (Wildman–Crippen LogP) is 4.29. The molecule has 0 nitrogen and oxygen atoms in total. The van der Waals surface area contributed by atoms with E-state index in [4.69, 9.17) is 0 Å². The molecule has 1 atom stereocenters. The monoisotopic (exact) mass is 186 g/mol. The van der Waals surface area contributed by atoms with Gasteiger partial charge in [0, 0.05) is 5.92 Å². The van der Waals surface area contributed by atoms with Crippen LogP contribution in [0.3, 0.4) is 0 Å². The van der Waals surface area contributed by atoms with E-state index in [2.05, 4.69) is 44.2 Å². The van der Waals surface area contributed by atoms with Gasteiger partial charge in [-0.3, -0.25) is 0 Å². The van der Waals surface area contributed by atoms with Crippen LogP contribution >= 0.6 is 0 Å². The van der Waals surface area contributed by atoms with E-state index < -0.39 is 0 Å². The highest BCUT2D eigenvalue weighted by atomic mass is 14.3. The second kappa shape index (κ2) is 4.00. The van der Waals surface area contributed by atoms with Gasteiger partial charge < -0.3 is 0 Å². The summed E-state index contributed by atoms with van der Waals surface area (Å²) in [5, 5.41) is 0. The van der Waals surface area contributed by atoms with Crippen LogP contribution in [0.15, 0.2) is 41.5 Å². The lowest BCUT2D eigenvalue weighted by Crippen LogP contribution is -1.94. The van der Waals surface area contributed by atoms with Gasteiger partial charge in [0.2, 0.25) is 0 Å². The first-order valence-electron chi connectivity index (χ1n) is 5.56. The summed E-state index contributed by atoms with van der Waals surface area (Å²) < 4.78 is 0. The molecule has 1 aliphatic rings. The highest BCUT2D eigenvalue weighted by Crippen LogP contribution is 2.39. The van der Waals surface area contributed by atoms with E-state index in [-0.39, 0.29) is 0 Å². The van der Waals surface area contributed by atoms with Crippen molar-refractivity contribution >= 4 is 0 Å². The SMILES string of the molecule is CCC1=C(C)C(c2ccccc2)CC1. The Hall–Kier alpha value is -1.04. The molecule has 0 fully saturated rings. The zero-order chi connectivity index (χ0) is 9.97. The summed E-state index contributed by atoms with van der Waals surface area (Å²) in [6, 6.07) is 10.9. The number of hydrogen-bond donors (Lipinski definition) is 0. The number of rotatable bonds is 2. The summed E-state index contributed by atoms with van der Waals surface area (Å²) in [5.41, 5.74) is 4.80. The first-order chi connectivity index (χ1) is 6.83. The molecule has 1 aliphatic carbocycles. The second-order valence-corrected chi connectivity index (χ2v) is 4.14. The van der Waals surface area contributed by atoms with E-state index in [1.54, 1.807) is 11.1 Å². The topological polar surface area (TPSA) is 0 Å². The van der Waals surface area contributed by atoms with Gasteiger partial charge in [-0.2, -0.15) is 0 Å². The Bertz CT molecular complexity index is 332. The molecule has 0 amide bonds. The maximum atomic E-state index is 2.31. The third-order valence-corrected chi connectivity index (χ3v) is 3.44. The van der Waals surface area contributed by atoms with Crippen LogP contribution in [-0.2, 0) is 0 Å². The van der Waals surface area contributed by atoms with Gasteiger partial charge in [0.05, 0.1) is 0 Å². The summed E-state index contributed by atoms with van der Waals surface area (Å²) >= 11 is 0. The van der Waals surface area contributed by atoms with Crippen molar-refractivity contribution in [2.45, 2.75) is 39.0 Å². The standard InChI is InChI=1S/C14H18/c1-3-12-9-10-14(11(12)2)13-7-5-4-6-8-13/h4-8,14H,3,9-10H2,1-2H3. The van der Waals surface area contributed by atoms with Crippen molar-refractivity contribution in [1.29, 1.82) is 0 Å². The summed E-state index contributed by atoms with van der Waals surface area (Å²) in [6.07, 6.45) is 3.86. The number of allylic oxidation sites excluding steroid dienone is 2. The molecule has 0 N–H and O–H groups in total. The fourth-order valence-electron chi connectivity index (χ4n) is 2.54. The van der Waals surface area contributed by atoms with E-state index in [9.17, 15) is 0 Å². The summed E-state index contributed by atoms with van der Waals surface area (Å²) in [7, 11) is 0. The minimum atomic E-state index is 0.700. The molecule has 0 aliphatic heterocycles. The molecule has 1 aromatic rings. The van der Waals surface area contributed by atoms with E-state index >= 15 is 0 Å². The summed E-state index contributed by atoms with van der Waals surface area (Å²) in [6.45, 7) is 4.58.